The van der Waals surface area contributed by atoms with E-state index in [2.05, 4.69) is 29.4 Å². The number of carbonyl (C=O) groups excluding carboxylic acids is 2. The number of urea groups is 1. The van der Waals surface area contributed by atoms with E-state index < -0.39 is 35.5 Å². The number of amides is 4. The maximum atomic E-state index is 13.5. The minimum atomic E-state index is -1.01. The molecule has 4 amide bonds. The molecule has 0 radical (unpaired) electrons. The molecule has 1 aliphatic heterocycles. The number of thiophene rings is 1. The van der Waals surface area contributed by atoms with Crippen LogP contribution in [0.5, 0.6) is 5.75 Å². The predicted molar refractivity (Wildman–Crippen MR) is 155 cm³/mol. The number of piperidine rings is 1. The zero-order valence-corrected chi connectivity index (χ0v) is 24.6. The average molecular weight is 576 g/mol. The van der Waals surface area contributed by atoms with Crippen LogP contribution in [-0.4, -0.2) is 83.0 Å². The number of hydrogen-bond donors (Lipinski definition) is 5. The minimum absolute atomic E-state index is 0.225. The molecule has 1 fully saturated rings. The van der Waals surface area contributed by atoms with E-state index in [0.717, 1.165) is 35.8 Å². The van der Waals surface area contributed by atoms with Crippen LogP contribution < -0.4 is 20.9 Å². The molecule has 1 unspecified atom stereocenters. The number of rotatable bonds is 10. The van der Waals surface area contributed by atoms with Crippen molar-refractivity contribution < 1.29 is 29.4 Å². The molecule has 12 heteroatoms. The Balaban J connectivity index is 1.82. The number of benzene rings is 1. The molecule has 11 nitrogen and oxygen atoms in total. The van der Waals surface area contributed by atoms with Crippen LogP contribution >= 0.6 is 11.3 Å². The molecule has 3 rings (SSSR count). The van der Waals surface area contributed by atoms with Crippen LogP contribution in [0.1, 0.15) is 57.8 Å². The van der Waals surface area contributed by atoms with Gasteiger partial charge in [-0.3, -0.25) is 15.3 Å². The van der Waals surface area contributed by atoms with Gasteiger partial charge in [-0.1, -0.05) is 34.6 Å². The number of likely N-dealkylation sites (tertiary alicyclic amines) is 1. The smallest absolute Gasteiger partial charge is 0.407 e. The highest BCUT2D eigenvalue weighted by Crippen LogP contribution is 2.37. The lowest BCUT2D eigenvalue weighted by Gasteiger charge is -2.46. The van der Waals surface area contributed by atoms with Crippen LogP contribution in [0.4, 0.5) is 14.6 Å². The van der Waals surface area contributed by atoms with Crippen molar-refractivity contribution in [2.75, 3.05) is 38.1 Å². The van der Waals surface area contributed by atoms with Crippen LogP contribution in [0.25, 0.3) is 10.4 Å². The van der Waals surface area contributed by atoms with Crippen LogP contribution in [0, 0.1) is 5.41 Å². The Morgan fingerprint density at radius 2 is 1.82 bits per heavy atom. The fourth-order valence-electron chi connectivity index (χ4n) is 5.15. The zero-order chi connectivity index (χ0) is 29.4. The molecule has 1 aliphatic rings. The number of nitrogens with one attached hydrogen (secondary N) is 3. The van der Waals surface area contributed by atoms with Gasteiger partial charge in [0.25, 0.3) is 5.91 Å². The molecule has 2 heterocycles. The van der Waals surface area contributed by atoms with Gasteiger partial charge in [-0.15, -0.1) is 11.3 Å². The highest BCUT2D eigenvalue weighted by molar-refractivity contribution is 7.20. The quantitative estimate of drug-likeness (QED) is 0.200. The molecule has 0 bridgehead atoms. The third-order valence-corrected chi connectivity index (χ3v) is 8.19. The van der Waals surface area contributed by atoms with E-state index in [-0.39, 0.29) is 10.6 Å². The van der Waals surface area contributed by atoms with Crippen molar-refractivity contribution in [2.24, 2.45) is 5.41 Å². The maximum Gasteiger partial charge on any atom is 0.407 e. The van der Waals surface area contributed by atoms with Gasteiger partial charge < -0.3 is 25.0 Å². The molecular weight excluding hydrogens is 534 g/mol. The van der Waals surface area contributed by atoms with Crippen LogP contribution in [-0.2, 0) is 0 Å². The Morgan fingerprint density at radius 3 is 2.40 bits per heavy atom. The number of anilines is 1. The van der Waals surface area contributed by atoms with Crippen molar-refractivity contribution in [2.45, 2.75) is 59.5 Å². The van der Waals surface area contributed by atoms with E-state index >= 15 is 0 Å². The second kappa shape index (κ2) is 13.8. The first-order chi connectivity index (χ1) is 19.0. The molecule has 1 aromatic carbocycles. The van der Waals surface area contributed by atoms with Gasteiger partial charge >= 0.3 is 12.1 Å². The lowest BCUT2D eigenvalue weighted by molar-refractivity contribution is 0.0359. The van der Waals surface area contributed by atoms with E-state index in [4.69, 9.17) is 9.94 Å². The van der Waals surface area contributed by atoms with E-state index in [1.54, 1.807) is 6.07 Å². The first-order valence-corrected chi connectivity index (χ1v) is 14.4. The third kappa shape index (κ3) is 7.86. The number of carboxylic acid groups (broad SMARTS) is 1. The first-order valence-electron chi connectivity index (χ1n) is 13.6. The number of hydroxylamine groups is 1. The lowest BCUT2D eigenvalue weighted by atomic mass is 9.77. The summed E-state index contributed by atoms with van der Waals surface area (Å²) in [7, 11) is 0. The van der Waals surface area contributed by atoms with Gasteiger partial charge in [-0.05, 0) is 67.2 Å². The fourth-order valence-corrected chi connectivity index (χ4v) is 6.21. The minimum Gasteiger partial charge on any atom is -0.492 e. The molecule has 5 N–H and O–H groups in total. The molecule has 1 saturated heterocycles. The highest BCUT2D eigenvalue weighted by atomic mass is 32.1. The Morgan fingerprint density at radius 1 is 1.15 bits per heavy atom. The van der Waals surface area contributed by atoms with Gasteiger partial charge in [0.05, 0.1) is 17.6 Å². The van der Waals surface area contributed by atoms with Gasteiger partial charge in [-0.25, -0.2) is 15.1 Å². The number of nitrogens with zero attached hydrogens (tertiary/aromatic N) is 2. The maximum absolute atomic E-state index is 13.5. The summed E-state index contributed by atoms with van der Waals surface area (Å²) >= 11 is 1.20. The molecule has 0 aliphatic carbocycles. The monoisotopic (exact) mass is 575 g/mol. The molecule has 0 spiro atoms. The standard InChI is InChI=1S/C28H41N5O6S/c1-6-32(7-2)15-16-39-19-12-10-18(11-13-19)22-17-20(25(40-22)30-26(35)31-38)24(34)29-21-9-8-14-33(27(36)37)23(21)28(3,4)5/h10-13,17,21,23,38H,6-9,14-16H2,1-5H3,(H,29,34)(H,36,37)(H2,30,31,35)/t21-,23?/m0/s1. The van der Waals surface area contributed by atoms with Gasteiger partial charge in [-0.2, -0.15) is 0 Å². The summed E-state index contributed by atoms with van der Waals surface area (Å²) in [6.07, 6.45) is 0.239. The number of carbonyl (C=O) groups is 3. The van der Waals surface area contributed by atoms with Crippen molar-refractivity contribution in [1.82, 2.24) is 20.6 Å². The fraction of sp³-hybridized carbons (Fsp3) is 0.536. The summed E-state index contributed by atoms with van der Waals surface area (Å²) in [5, 5.41) is 24.6. The van der Waals surface area contributed by atoms with Crippen LogP contribution in [0.3, 0.4) is 0 Å². The molecule has 0 saturated carbocycles. The topological polar surface area (TPSA) is 143 Å². The molecule has 1 aromatic heterocycles. The molecular formula is C28H41N5O6S. The Bertz CT molecular complexity index is 1160. The van der Waals surface area contributed by atoms with Gasteiger partial charge in [0.1, 0.15) is 17.4 Å². The van der Waals surface area contributed by atoms with Crippen molar-refractivity contribution >= 4 is 34.4 Å². The number of hydrogen-bond acceptors (Lipinski definition) is 7. The molecule has 40 heavy (non-hydrogen) atoms. The first kappa shape index (κ1) is 31.2. The second-order valence-electron chi connectivity index (χ2n) is 10.8. The van der Waals surface area contributed by atoms with Crippen molar-refractivity contribution in [1.29, 1.82) is 0 Å². The largest absolute Gasteiger partial charge is 0.492 e. The van der Waals surface area contributed by atoms with E-state index in [1.165, 1.54) is 21.7 Å². The average Bonchev–Trinajstić information content (AvgIpc) is 3.34. The van der Waals surface area contributed by atoms with Gasteiger partial charge in [0.15, 0.2) is 0 Å². The summed E-state index contributed by atoms with van der Waals surface area (Å²) in [4.78, 5) is 41.8. The van der Waals surface area contributed by atoms with E-state index in [9.17, 15) is 19.5 Å². The third-order valence-electron chi connectivity index (χ3n) is 7.10. The lowest BCUT2D eigenvalue weighted by Crippen LogP contribution is -2.61. The SMILES string of the molecule is CCN(CC)CCOc1ccc(-c2cc(C(=O)N[C@H]3CCCN(C(=O)O)C3C(C)(C)C)c(NC(=O)NO)s2)cc1. The van der Waals surface area contributed by atoms with Crippen molar-refractivity contribution in [3.63, 3.8) is 0 Å². The zero-order valence-electron chi connectivity index (χ0n) is 23.8. The summed E-state index contributed by atoms with van der Waals surface area (Å²) in [5.74, 6) is 0.301. The van der Waals surface area contributed by atoms with Crippen LogP contribution in [0.15, 0.2) is 30.3 Å². The Labute approximate surface area is 239 Å². The highest BCUT2D eigenvalue weighted by Gasteiger charge is 2.42. The Kier molecular flexibility index (Phi) is 10.8. The normalized spacial score (nSPS) is 17.4. The molecule has 220 valence electrons. The van der Waals surface area contributed by atoms with Crippen molar-refractivity contribution in [3.8, 4) is 16.2 Å². The summed E-state index contributed by atoms with van der Waals surface area (Å²) in [6.45, 7) is 13.8. The van der Waals surface area contributed by atoms with Gasteiger partial charge in [0, 0.05) is 18.0 Å². The number of likely N-dealkylation sites (N-methyl/N-ethyl adjacent to an activating group) is 1. The Hall–Kier alpha value is -3.35. The molecule has 2 atom stereocenters. The second-order valence-corrected chi connectivity index (χ2v) is 11.9. The van der Waals surface area contributed by atoms with E-state index in [0.29, 0.717) is 26.0 Å². The predicted octanol–water partition coefficient (Wildman–Crippen LogP) is 4.93. The summed E-state index contributed by atoms with van der Waals surface area (Å²) in [6, 6.07) is 7.48. The van der Waals surface area contributed by atoms with Crippen molar-refractivity contribution in [3.05, 3.63) is 35.9 Å². The summed E-state index contributed by atoms with van der Waals surface area (Å²) < 4.78 is 5.87. The van der Waals surface area contributed by atoms with Gasteiger partial charge in [0.2, 0.25) is 0 Å². The molecule has 2 aromatic rings. The number of ether oxygens (including phenoxy) is 1. The van der Waals surface area contributed by atoms with Crippen LogP contribution in [0.2, 0.25) is 0 Å². The summed E-state index contributed by atoms with van der Waals surface area (Å²) in [5.41, 5.74) is 2.17. The van der Waals surface area contributed by atoms with E-state index in [1.807, 2.05) is 45.0 Å².